The van der Waals surface area contributed by atoms with E-state index in [2.05, 4.69) is 23.5 Å². The predicted octanol–water partition coefficient (Wildman–Crippen LogP) is 3.90. The van der Waals surface area contributed by atoms with E-state index < -0.39 is 0 Å². The number of nitrogens with one attached hydrogen (secondary N) is 1. The van der Waals surface area contributed by atoms with E-state index in [4.69, 9.17) is 10.7 Å². The number of nitriles is 1. The number of hydrogen-bond acceptors (Lipinski definition) is 4. The van der Waals surface area contributed by atoms with Crippen LogP contribution in [-0.2, 0) is 19.3 Å². The van der Waals surface area contributed by atoms with Crippen molar-refractivity contribution in [1.29, 1.82) is 5.26 Å². The lowest BCUT2D eigenvalue weighted by Gasteiger charge is -2.28. The van der Waals surface area contributed by atoms with Crippen LogP contribution in [0.5, 0.6) is 0 Å². The van der Waals surface area contributed by atoms with E-state index >= 15 is 0 Å². The highest BCUT2D eigenvalue weighted by Crippen LogP contribution is 2.34. The van der Waals surface area contributed by atoms with Crippen molar-refractivity contribution in [2.45, 2.75) is 51.0 Å². The normalized spacial score (nSPS) is 19.0. The van der Waals surface area contributed by atoms with Gasteiger partial charge in [-0.05, 0) is 79.8 Å². The number of aryl methyl sites for hydroxylation is 3. The minimum Gasteiger partial charge on any atom is -0.399 e. The SMILES string of the molecule is N#Cc1cc2c(nc1NC1CCCc3cc(N)ccc31)CCCC2. The number of hydrogen-bond donors (Lipinski definition) is 2. The highest BCUT2D eigenvalue weighted by atomic mass is 15.0. The topological polar surface area (TPSA) is 74.7 Å². The van der Waals surface area contributed by atoms with Crippen LogP contribution in [-0.4, -0.2) is 4.98 Å². The highest BCUT2D eigenvalue weighted by molar-refractivity contribution is 5.57. The van der Waals surface area contributed by atoms with Crippen LogP contribution >= 0.6 is 0 Å². The highest BCUT2D eigenvalue weighted by Gasteiger charge is 2.23. The van der Waals surface area contributed by atoms with E-state index in [9.17, 15) is 5.26 Å². The summed E-state index contributed by atoms with van der Waals surface area (Å²) in [6.07, 6.45) is 7.71. The van der Waals surface area contributed by atoms with Crippen LogP contribution in [0.4, 0.5) is 11.5 Å². The average Bonchev–Trinajstić information content (AvgIpc) is 2.61. The maximum Gasteiger partial charge on any atom is 0.144 e. The first-order valence-electron chi connectivity index (χ1n) is 8.82. The molecule has 2 aliphatic carbocycles. The number of aromatic nitrogens is 1. The van der Waals surface area contributed by atoms with Gasteiger partial charge in [0.25, 0.3) is 0 Å². The molecule has 0 saturated carbocycles. The van der Waals surface area contributed by atoms with Gasteiger partial charge in [-0.15, -0.1) is 0 Å². The molecule has 1 unspecified atom stereocenters. The van der Waals surface area contributed by atoms with Gasteiger partial charge in [0, 0.05) is 11.4 Å². The Morgan fingerprint density at radius 1 is 1.08 bits per heavy atom. The predicted molar refractivity (Wildman–Crippen MR) is 95.8 cm³/mol. The summed E-state index contributed by atoms with van der Waals surface area (Å²) < 4.78 is 0. The molecule has 0 amide bonds. The second-order valence-electron chi connectivity index (χ2n) is 6.86. The van der Waals surface area contributed by atoms with Crippen molar-refractivity contribution < 1.29 is 0 Å². The molecular weight excluding hydrogens is 296 g/mol. The van der Waals surface area contributed by atoms with E-state index in [0.717, 1.165) is 49.3 Å². The second kappa shape index (κ2) is 6.16. The number of benzene rings is 1. The van der Waals surface area contributed by atoms with Crippen LogP contribution in [0, 0.1) is 11.3 Å². The van der Waals surface area contributed by atoms with Crippen LogP contribution in [0.25, 0.3) is 0 Å². The van der Waals surface area contributed by atoms with Gasteiger partial charge in [-0.2, -0.15) is 5.26 Å². The van der Waals surface area contributed by atoms with Gasteiger partial charge in [0.1, 0.15) is 11.9 Å². The van der Waals surface area contributed by atoms with Crippen molar-refractivity contribution >= 4 is 11.5 Å². The van der Waals surface area contributed by atoms with Crippen molar-refractivity contribution in [3.63, 3.8) is 0 Å². The van der Waals surface area contributed by atoms with Crippen molar-refractivity contribution in [2.24, 2.45) is 0 Å². The summed E-state index contributed by atoms with van der Waals surface area (Å²) in [6, 6.07) is 10.7. The number of nitrogens with two attached hydrogens (primary N) is 1. The lowest BCUT2D eigenvalue weighted by Crippen LogP contribution is -2.20. The fraction of sp³-hybridized carbons (Fsp3) is 0.400. The van der Waals surface area contributed by atoms with Gasteiger partial charge in [0.05, 0.1) is 11.6 Å². The van der Waals surface area contributed by atoms with Crippen LogP contribution < -0.4 is 11.1 Å². The van der Waals surface area contributed by atoms with Gasteiger partial charge in [-0.3, -0.25) is 0 Å². The summed E-state index contributed by atoms with van der Waals surface area (Å²) in [5.74, 6) is 0.743. The molecule has 0 fully saturated rings. The molecule has 0 aliphatic heterocycles. The molecule has 1 heterocycles. The molecule has 0 saturated heterocycles. The van der Waals surface area contributed by atoms with E-state index in [0.29, 0.717) is 5.56 Å². The van der Waals surface area contributed by atoms with Crippen molar-refractivity contribution in [3.8, 4) is 6.07 Å². The fourth-order valence-electron chi connectivity index (χ4n) is 3.98. The van der Waals surface area contributed by atoms with Crippen molar-refractivity contribution in [2.75, 3.05) is 11.1 Å². The number of anilines is 2. The van der Waals surface area contributed by atoms with Gasteiger partial charge in [0.15, 0.2) is 0 Å². The maximum absolute atomic E-state index is 9.53. The summed E-state index contributed by atoms with van der Waals surface area (Å²) in [4.78, 5) is 4.81. The Balaban J connectivity index is 1.68. The fourth-order valence-corrected chi connectivity index (χ4v) is 3.98. The molecule has 3 N–H and O–H groups in total. The number of rotatable bonds is 2. The Hall–Kier alpha value is -2.54. The average molecular weight is 318 g/mol. The van der Waals surface area contributed by atoms with Crippen molar-refractivity contribution in [3.05, 3.63) is 52.2 Å². The summed E-state index contributed by atoms with van der Waals surface area (Å²) in [7, 11) is 0. The standard InChI is InChI=1S/C20H22N4/c21-12-15-10-14-4-1-2-6-18(14)23-20(15)24-19-7-3-5-13-11-16(22)8-9-17(13)19/h8-11,19H,1-7,22H2,(H,23,24). The van der Waals surface area contributed by atoms with Gasteiger partial charge in [-0.25, -0.2) is 4.98 Å². The zero-order valence-electron chi connectivity index (χ0n) is 13.8. The molecule has 1 aromatic carbocycles. The third-order valence-corrected chi connectivity index (χ3v) is 5.21. The third-order valence-electron chi connectivity index (χ3n) is 5.21. The molecule has 2 aliphatic rings. The first-order valence-corrected chi connectivity index (χ1v) is 8.82. The van der Waals surface area contributed by atoms with Gasteiger partial charge < -0.3 is 11.1 Å². The minimum atomic E-state index is 0.204. The molecule has 1 atom stereocenters. The first kappa shape index (κ1) is 15.0. The lowest BCUT2D eigenvalue weighted by atomic mass is 9.87. The van der Waals surface area contributed by atoms with Gasteiger partial charge >= 0.3 is 0 Å². The lowest BCUT2D eigenvalue weighted by molar-refractivity contribution is 0.597. The van der Waals surface area contributed by atoms with E-state index in [-0.39, 0.29) is 6.04 Å². The first-order chi connectivity index (χ1) is 11.7. The third kappa shape index (κ3) is 2.71. The summed E-state index contributed by atoms with van der Waals surface area (Å²) in [5, 5.41) is 13.1. The molecule has 4 nitrogen and oxygen atoms in total. The van der Waals surface area contributed by atoms with Crippen LogP contribution in [0.3, 0.4) is 0 Å². The van der Waals surface area contributed by atoms with Gasteiger partial charge in [-0.1, -0.05) is 6.07 Å². The van der Waals surface area contributed by atoms with E-state index in [1.807, 2.05) is 12.1 Å². The molecule has 0 radical (unpaired) electrons. The molecule has 4 rings (SSSR count). The molecule has 24 heavy (non-hydrogen) atoms. The molecule has 1 aromatic heterocycles. The number of pyridine rings is 1. The Labute approximate surface area is 142 Å². The Kier molecular flexibility index (Phi) is 3.86. The van der Waals surface area contributed by atoms with Crippen molar-refractivity contribution in [1.82, 2.24) is 4.98 Å². The number of nitrogens with zero attached hydrogens (tertiary/aromatic N) is 2. The Morgan fingerprint density at radius 2 is 1.92 bits per heavy atom. The Morgan fingerprint density at radius 3 is 2.79 bits per heavy atom. The molecular formula is C20H22N4. The molecule has 2 aromatic rings. The minimum absolute atomic E-state index is 0.204. The van der Waals surface area contributed by atoms with Crippen LogP contribution in [0.15, 0.2) is 24.3 Å². The summed E-state index contributed by atoms with van der Waals surface area (Å²) >= 11 is 0. The molecule has 122 valence electrons. The Bertz CT molecular complexity index is 819. The largest absolute Gasteiger partial charge is 0.399 e. The zero-order chi connectivity index (χ0) is 16.5. The zero-order valence-corrected chi connectivity index (χ0v) is 13.8. The smallest absolute Gasteiger partial charge is 0.144 e. The second-order valence-corrected chi connectivity index (χ2v) is 6.86. The van der Waals surface area contributed by atoms with E-state index in [1.165, 1.54) is 29.5 Å². The molecule has 4 heteroatoms. The van der Waals surface area contributed by atoms with Crippen LogP contribution in [0.1, 0.15) is 59.7 Å². The quantitative estimate of drug-likeness (QED) is 0.823. The molecule has 0 bridgehead atoms. The van der Waals surface area contributed by atoms with Crippen LogP contribution in [0.2, 0.25) is 0 Å². The number of fused-ring (bicyclic) bond motifs is 2. The monoisotopic (exact) mass is 318 g/mol. The van der Waals surface area contributed by atoms with E-state index in [1.54, 1.807) is 0 Å². The summed E-state index contributed by atoms with van der Waals surface area (Å²) in [6.45, 7) is 0. The summed E-state index contributed by atoms with van der Waals surface area (Å²) in [5.41, 5.74) is 12.4. The van der Waals surface area contributed by atoms with Gasteiger partial charge in [0.2, 0.25) is 0 Å². The number of nitrogen functional groups attached to an aromatic ring is 1. The maximum atomic E-state index is 9.53. The molecule has 0 spiro atoms.